The second-order valence-electron chi connectivity index (χ2n) is 4.07. The van der Waals surface area contributed by atoms with Crippen molar-refractivity contribution in [2.45, 2.75) is 6.42 Å². The quantitative estimate of drug-likeness (QED) is 0.858. The molecule has 96 valence electrons. The Morgan fingerprint density at radius 1 is 1.05 bits per heavy atom. The Kier molecular flexibility index (Phi) is 3.71. The van der Waals surface area contributed by atoms with Crippen LogP contribution in [0.25, 0.3) is 0 Å². The second-order valence-corrected chi connectivity index (χ2v) is 4.07. The molecule has 0 bridgehead atoms. The first-order valence-corrected chi connectivity index (χ1v) is 5.68. The number of hydrogen-bond acceptors (Lipinski definition) is 2. The van der Waals surface area contributed by atoms with E-state index in [0.29, 0.717) is 11.1 Å². The Balaban J connectivity index is 2.45. The molecule has 19 heavy (non-hydrogen) atoms. The average molecular weight is 258 g/mol. The van der Waals surface area contributed by atoms with Gasteiger partial charge in [-0.15, -0.1) is 0 Å². The maximum absolute atomic E-state index is 13.3. The number of benzene rings is 2. The van der Waals surface area contributed by atoms with Gasteiger partial charge in [0.15, 0.2) is 5.78 Å². The highest BCUT2D eigenvalue weighted by Gasteiger charge is 2.16. The number of aliphatic carboxylic acids is 1. The van der Waals surface area contributed by atoms with E-state index in [1.165, 1.54) is 6.07 Å². The van der Waals surface area contributed by atoms with Gasteiger partial charge >= 0.3 is 5.97 Å². The SMILES string of the molecule is O=C(O)Cc1ccc(F)cc1C(=O)c1ccccc1. The number of carboxylic acids is 1. The van der Waals surface area contributed by atoms with Gasteiger partial charge in [0.2, 0.25) is 0 Å². The number of hydrogen-bond donors (Lipinski definition) is 1. The maximum atomic E-state index is 13.3. The van der Waals surface area contributed by atoms with E-state index in [2.05, 4.69) is 0 Å². The van der Waals surface area contributed by atoms with E-state index in [0.717, 1.165) is 12.1 Å². The maximum Gasteiger partial charge on any atom is 0.307 e. The summed E-state index contributed by atoms with van der Waals surface area (Å²) in [5.41, 5.74) is 0.802. The van der Waals surface area contributed by atoms with Crippen LogP contribution in [0.15, 0.2) is 48.5 Å². The van der Waals surface area contributed by atoms with E-state index in [1.54, 1.807) is 30.3 Å². The third kappa shape index (κ3) is 3.04. The molecule has 4 heteroatoms. The van der Waals surface area contributed by atoms with Crippen molar-refractivity contribution in [3.8, 4) is 0 Å². The first kappa shape index (κ1) is 13.0. The molecule has 2 rings (SSSR count). The first-order valence-electron chi connectivity index (χ1n) is 5.68. The fourth-order valence-electron chi connectivity index (χ4n) is 1.82. The molecule has 2 aromatic carbocycles. The largest absolute Gasteiger partial charge is 0.481 e. The van der Waals surface area contributed by atoms with Crippen LogP contribution in [0.5, 0.6) is 0 Å². The summed E-state index contributed by atoms with van der Waals surface area (Å²) in [5.74, 6) is -2.00. The zero-order valence-electron chi connectivity index (χ0n) is 9.97. The van der Waals surface area contributed by atoms with Gasteiger partial charge in [0.1, 0.15) is 5.82 Å². The van der Waals surface area contributed by atoms with E-state index in [-0.39, 0.29) is 17.8 Å². The van der Waals surface area contributed by atoms with Crippen molar-refractivity contribution in [3.05, 3.63) is 71.0 Å². The number of carbonyl (C=O) groups excluding carboxylic acids is 1. The van der Waals surface area contributed by atoms with Gasteiger partial charge < -0.3 is 5.11 Å². The Hall–Kier alpha value is -2.49. The zero-order valence-corrected chi connectivity index (χ0v) is 9.97. The topological polar surface area (TPSA) is 54.4 Å². The molecule has 3 nitrogen and oxygen atoms in total. The lowest BCUT2D eigenvalue weighted by Gasteiger charge is -2.07. The molecule has 0 aliphatic carbocycles. The molecule has 2 aromatic rings. The van der Waals surface area contributed by atoms with Crippen molar-refractivity contribution in [2.24, 2.45) is 0 Å². The predicted octanol–water partition coefficient (Wildman–Crippen LogP) is 2.68. The first-order chi connectivity index (χ1) is 9.08. The van der Waals surface area contributed by atoms with Gasteiger partial charge in [-0.05, 0) is 17.7 Å². The number of ketones is 1. The van der Waals surface area contributed by atoms with E-state index in [1.807, 2.05) is 0 Å². The van der Waals surface area contributed by atoms with E-state index < -0.39 is 11.8 Å². The lowest BCUT2D eigenvalue weighted by molar-refractivity contribution is -0.136. The second kappa shape index (κ2) is 5.44. The summed E-state index contributed by atoms with van der Waals surface area (Å²) >= 11 is 0. The molecular weight excluding hydrogens is 247 g/mol. The minimum Gasteiger partial charge on any atom is -0.481 e. The van der Waals surface area contributed by atoms with Gasteiger partial charge in [0, 0.05) is 11.1 Å². The summed E-state index contributed by atoms with van der Waals surface area (Å²) in [6, 6.07) is 11.9. The molecule has 1 N–H and O–H groups in total. The van der Waals surface area contributed by atoms with E-state index in [4.69, 9.17) is 5.11 Å². The van der Waals surface area contributed by atoms with Crippen LogP contribution >= 0.6 is 0 Å². The molecule has 0 unspecified atom stereocenters. The molecule has 0 amide bonds. The zero-order chi connectivity index (χ0) is 13.8. The summed E-state index contributed by atoms with van der Waals surface area (Å²) in [6.45, 7) is 0. The highest BCUT2D eigenvalue weighted by atomic mass is 19.1. The molecule has 0 spiro atoms. The summed E-state index contributed by atoms with van der Waals surface area (Å²) < 4.78 is 13.3. The van der Waals surface area contributed by atoms with Crippen LogP contribution in [0, 0.1) is 5.82 Å². The third-order valence-corrected chi connectivity index (χ3v) is 2.69. The van der Waals surface area contributed by atoms with Crippen LogP contribution in [0.3, 0.4) is 0 Å². The predicted molar refractivity (Wildman–Crippen MR) is 67.6 cm³/mol. The molecule has 0 atom stereocenters. The highest BCUT2D eigenvalue weighted by molar-refractivity contribution is 6.10. The molecule has 0 radical (unpaired) electrons. The summed E-state index contributed by atoms with van der Waals surface area (Å²) in [7, 11) is 0. The fraction of sp³-hybridized carbons (Fsp3) is 0.0667. The number of carbonyl (C=O) groups is 2. The van der Waals surface area contributed by atoms with Crippen molar-refractivity contribution in [2.75, 3.05) is 0 Å². The lowest BCUT2D eigenvalue weighted by Crippen LogP contribution is -2.10. The standard InChI is InChI=1S/C15H11FO3/c16-12-7-6-11(8-14(17)18)13(9-12)15(19)10-4-2-1-3-5-10/h1-7,9H,8H2,(H,17,18). The number of rotatable bonds is 4. The molecule has 0 saturated carbocycles. The van der Waals surface area contributed by atoms with Crippen LogP contribution in [0.2, 0.25) is 0 Å². The van der Waals surface area contributed by atoms with Crippen molar-refractivity contribution < 1.29 is 19.1 Å². The molecule has 0 aliphatic rings. The molecular formula is C15H11FO3. The van der Waals surface area contributed by atoms with E-state index in [9.17, 15) is 14.0 Å². The molecule has 0 saturated heterocycles. The van der Waals surface area contributed by atoms with Gasteiger partial charge in [-0.2, -0.15) is 0 Å². The third-order valence-electron chi connectivity index (χ3n) is 2.69. The molecule has 0 fully saturated rings. The Labute approximate surface area is 109 Å². The Morgan fingerprint density at radius 3 is 2.37 bits per heavy atom. The Bertz CT molecular complexity index is 621. The monoisotopic (exact) mass is 258 g/mol. The van der Waals surface area contributed by atoms with Gasteiger partial charge in [-0.25, -0.2) is 4.39 Å². The van der Waals surface area contributed by atoms with Crippen LogP contribution in [0.4, 0.5) is 4.39 Å². The number of halogens is 1. The van der Waals surface area contributed by atoms with Gasteiger partial charge in [0.25, 0.3) is 0 Å². The summed E-state index contributed by atoms with van der Waals surface area (Å²) in [6.07, 6.45) is -0.311. The number of carboxylic acid groups (broad SMARTS) is 1. The molecule has 0 aliphatic heterocycles. The average Bonchev–Trinajstić information content (AvgIpc) is 2.40. The molecule has 0 aromatic heterocycles. The normalized spacial score (nSPS) is 10.2. The van der Waals surface area contributed by atoms with Crippen molar-refractivity contribution in [1.82, 2.24) is 0 Å². The van der Waals surface area contributed by atoms with Gasteiger partial charge in [0.05, 0.1) is 6.42 Å². The van der Waals surface area contributed by atoms with Gasteiger partial charge in [-0.1, -0.05) is 36.4 Å². The smallest absolute Gasteiger partial charge is 0.307 e. The van der Waals surface area contributed by atoms with E-state index >= 15 is 0 Å². The minimum atomic E-state index is -1.06. The van der Waals surface area contributed by atoms with Crippen LogP contribution in [0.1, 0.15) is 21.5 Å². The van der Waals surface area contributed by atoms with Crippen molar-refractivity contribution in [3.63, 3.8) is 0 Å². The van der Waals surface area contributed by atoms with Gasteiger partial charge in [-0.3, -0.25) is 9.59 Å². The fourth-order valence-corrected chi connectivity index (χ4v) is 1.82. The lowest BCUT2D eigenvalue weighted by atomic mass is 9.96. The summed E-state index contributed by atoms with van der Waals surface area (Å²) in [4.78, 5) is 23.0. The highest BCUT2D eigenvalue weighted by Crippen LogP contribution is 2.17. The van der Waals surface area contributed by atoms with Crippen molar-refractivity contribution >= 4 is 11.8 Å². The van der Waals surface area contributed by atoms with Crippen molar-refractivity contribution in [1.29, 1.82) is 0 Å². The Morgan fingerprint density at radius 2 is 1.74 bits per heavy atom. The summed E-state index contributed by atoms with van der Waals surface area (Å²) in [5, 5.41) is 8.81. The van der Waals surface area contributed by atoms with Crippen LogP contribution < -0.4 is 0 Å². The van der Waals surface area contributed by atoms with Crippen LogP contribution in [-0.4, -0.2) is 16.9 Å². The van der Waals surface area contributed by atoms with Crippen LogP contribution in [-0.2, 0) is 11.2 Å². The minimum absolute atomic E-state index is 0.0913. The molecule has 0 heterocycles.